The third-order valence-corrected chi connectivity index (χ3v) is 3.40. The van der Waals surface area contributed by atoms with Gasteiger partial charge in [-0.2, -0.15) is 0 Å². The van der Waals surface area contributed by atoms with Crippen LogP contribution in [0, 0.1) is 0 Å². The Morgan fingerprint density at radius 1 is 1.05 bits per heavy atom. The van der Waals surface area contributed by atoms with Gasteiger partial charge in [0.15, 0.2) is 5.78 Å². The molecule has 0 aliphatic carbocycles. The molecule has 0 unspecified atom stereocenters. The van der Waals surface area contributed by atoms with Gasteiger partial charge in [0.05, 0.1) is 0 Å². The van der Waals surface area contributed by atoms with E-state index in [0.29, 0.717) is 17.9 Å². The smallest absolute Gasteiger partial charge is 0.187 e. The molecule has 0 spiro atoms. The van der Waals surface area contributed by atoms with Crippen LogP contribution >= 0.6 is 31.9 Å². The van der Waals surface area contributed by atoms with E-state index in [2.05, 4.69) is 31.9 Å². The zero-order valence-electron chi connectivity index (χ0n) is 10.1. The van der Waals surface area contributed by atoms with Gasteiger partial charge >= 0.3 is 0 Å². The predicted molar refractivity (Wildman–Crippen MR) is 83.2 cm³/mol. The number of hydrogen-bond donors (Lipinski definition) is 0. The number of alkyl halides is 2. The molecule has 0 saturated heterocycles. The molecule has 0 radical (unpaired) electrons. The SMILES string of the molecule is O=C(c1cccc(OCc2ccccc2)c1)C(Br)Br. The molecule has 0 aliphatic heterocycles. The third-order valence-electron chi connectivity index (χ3n) is 2.57. The lowest BCUT2D eigenvalue weighted by Gasteiger charge is -2.08. The van der Waals surface area contributed by atoms with Crippen molar-refractivity contribution >= 4 is 37.6 Å². The predicted octanol–water partition coefficient (Wildman–Crippen LogP) is 4.56. The summed E-state index contributed by atoms with van der Waals surface area (Å²) in [7, 11) is 0. The molecule has 0 atom stereocenters. The molecule has 0 fully saturated rings. The number of halogens is 2. The topological polar surface area (TPSA) is 26.3 Å². The van der Waals surface area contributed by atoms with E-state index in [9.17, 15) is 4.79 Å². The van der Waals surface area contributed by atoms with Crippen molar-refractivity contribution in [2.45, 2.75) is 10.3 Å². The standard InChI is InChI=1S/C15H12Br2O2/c16-15(17)14(18)12-7-4-8-13(9-12)19-10-11-5-2-1-3-6-11/h1-9,15H,10H2. The number of Topliss-reactive ketones (excluding diaryl/α,β-unsaturated/α-hetero) is 1. The van der Waals surface area contributed by atoms with Gasteiger partial charge in [-0.3, -0.25) is 4.79 Å². The van der Waals surface area contributed by atoms with E-state index in [0.717, 1.165) is 5.56 Å². The molecule has 2 rings (SSSR count). The largest absolute Gasteiger partial charge is 0.489 e. The minimum Gasteiger partial charge on any atom is -0.489 e. The second kappa shape index (κ2) is 6.87. The van der Waals surface area contributed by atoms with Gasteiger partial charge in [-0.25, -0.2) is 0 Å². The number of carbonyl (C=O) groups excluding carboxylic acids is 1. The highest BCUT2D eigenvalue weighted by Crippen LogP contribution is 2.20. The Morgan fingerprint density at radius 3 is 2.47 bits per heavy atom. The molecule has 0 N–H and O–H groups in total. The molecule has 2 nitrogen and oxygen atoms in total. The molecule has 2 aromatic rings. The first kappa shape index (κ1) is 14.3. The summed E-state index contributed by atoms with van der Waals surface area (Å²) in [5.74, 6) is 0.667. The van der Waals surface area contributed by atoms with Crippen molar-refractivity contribution in [1.82, 2.24) is 0 Å². The first-order chi connectivity index (χ1) is 9.16. The van der Waals surface area contributed by atoms with Crippen LogP contribution in [0.25, 0.3) is 0 Å². The molecule has 0 amide bonds. The fraction of sp³-hybridized carbons (Fsp3) is 0.133. The van der Waals surface area contributed by atoms with Crippen LogP contribution < -0.4 is 4.74 Å². The average Bonchev–Trinajstić information content (AvgIpc) is 2.45. The first-order valence-electron chi connectivity index (χ1n) is 5.76. The summed E-state index contributed by atoms with van der Waals surface area (Å²) in [6.07, 6.45) is 0. The fourth-order valence-corrected chi connectivity index (χ4v) is 2.13. The van der Waals surface area contributed by atoms with Gasteiger partial charge in [-0.05, 0) is 17.7 Å². The molecular formula is C15H12Br2O2. The maximum atomic E-state index is 11.8. The highest BCUT2D eigenvalue weighted by atomic mass is 79.9. The highest BCUT2D eigenvalue weighted by molar-refractivity contribution is 9.25. The van der Waals surface area contributed by atoms with Crippen LogP contribution in [0.15, 0.2) is 54.6 Å². The quantitative estimate of drug-likeness (QED) is 0.558. The van der Waals surface area contributed by atoms with Crippen molar-refractivity contribution < 1.29 is 9.53 Å². The lowest BCUT2D eigenvalue weighted by molar-refractivity contribution is 0.101. The summed E-state index contributed by atoms with van der Waals surface area (Å²) < 4.78 is 5.31. The molecule has 0 aromatic heterocycles. The Kier molecular flexibility index (Phi) is 5.16. The van der Waals surface area contributed by atoms with E-state index in [1.807, 2.05) is 42.5 Å². The third kappa shape index (κ3) is 4.18. The molecule has 98 valence electrons. The summed E-state index contributed by atoms with van der Waals surface area (Å²) in [5.41, 5.74) is 1.71. The molecular weight excluding hydrogens is 372 g/mol. The van der Waals surface area contributed by atoms with Crippen LogP contribution in [-0.2, 0) is 6.61 Å². The molecule has 0 saturated carbocycles. The van der Waals surface area contributed by atoms with Crippen LogP contribution in [0.1, 0.15) is 15.9 Å². The van der Waals surface area contributed by atoms with E-state index in [-0.39, 0.29) is 9.52 Å². The molecule has 2 aromatic carbocycles. The van der Waals surface area contributed by atoms with Crippen molar-refractivity contribution in [2.24, 2.45) is 0 Å². The maximum absolute atomic E-state index is 11.8. The molecule has 0 aliphatic rings. The normalized spacial score (nSPS) is 10.5. The van der Waals surface area contributed by atoms with Crippen molar-refractivity contribution in [1.29, 1.82) is 0 Å². The lowest BCUT2D eigenvalue weighted by Crippen LogP contribution is -2.07. The Hall–Kier alpha value is -1.13. The van der Waals surface area contributed by atoms with Gasteiger partial charge < -0.3 is 4.74 Å². The van der Waals surface area contributed by atoms with Crippen LogP contribution in [0.5, 0.6) is 5.75 Å². The summed E-state index contributed by atoms with van der Waals surface area (Å²) in [6.45, 7) is 0.491. The van der Waals surface area contributed by atoms with E-state index in [1.165, 1.54) is 0 Å². The van der Waals surface area contributed by atoms with Crippen LogP contribution in [0.4, 0.5) is 0 Å². The van der Waals surface area contributed by atoms with Crippen molar-refractivity contribution in [3.05, 3.63) is 65.7 Å². The van der Waals surface area contributed by atoms with E-state index < -0.39 is 0 Å². The van der Waals surface area contributed by atoms with E-state index >= 15 is 0 Å². The highest BCUT2D eigenvalue weighted by Gasteiger charge is 2.13. The molecule has 0 bridgehead atoms. The average molecular weight is 384 g/mol. The summed E-state index contributed by atoms with van der Waals surface area (Å²) in [5, 5.41) is 0. The molecule has 0 heterocycles. The van der Waals surface area contributed by atoms with Crippen molar-refractivity contribution in [2.75, 3.05) is 0 Å². The Labute approximate surface area is 129 Å². The number of rotatable bonds is 5. The lowest BCUT2D eigenvalue weighted by atomic mass is 10.1. The summed E-state index contributed by atoms with van der Waals surface area (Å²) in [4.78, 5) is 11.8. The Balaban J connectivity index is 2.05. The number of hydrogen-bond acceptors (Lipinski definition) is 2. The van der Waals surface area contributed by atoms with Crippen LogP contribution in [-0.4, -0.2) is 9.52 Å². The van der Waals surface area contributed by atoms with Crippen molar-refractivity contribution in [3.8, 4) is 5.75 Å². The number of ketones is 1. The fourth-order valence-electron chi connectivity index (χ4n) is 1.61. The number of carbonyl (C=O) groups is 1. The van der Waals surface area contributed by atoms with E-state index in [1.54, 1.807) is 12.1 Å². The second-order valence-corrected chi connectivity index (χ2v) is 7.03. The zero-order valence-corrected chi connectivity index (χ0v) is 13.2. The van der Waals surface area contributed by atoms with Crippen LogP contribution in [0.2, 0.25) is 0 Å². The number of benzene rings is 2. The van der Waals surface area contributed by atoms with Gasteiger partial charge in [0.25, 0.3) is 0 Å². The Morgan fingerprint density at radius 2 is 1.79 bits per heavy atom. The monoisotopic (exact) mass is 382 g/mol. The minimum absolute atomic E-state index is 0.0230. The maximum Gasteiger partial charge on any atom is 0.187 e. The van der Waals surface area contributed by atoms with E-state index in [4.69, 9.17) is 4.74 Å². The summed E-state index contributed by atoms with van der Waals surface area (Å²) >= 11 is 6.41. The number of ether oxygens (including phenoxy) is 1. The van der Waals surface area contributed by atoms with Gasteiger partial charge in [0, 0.05) is 5.56 Å². The zero-order chi connectivity index (χ0) is 13.7. The van der Waals surface area contributed by atoms with Gasteiger partial charge in [-0.15, -0.1) is 0 Å². The second-order valence-electron chi connectivity index (χ2n) is 3.97. The van der Waals surface area contributed by atoms with Crippen molar-refractivity contribution in [3.63, 3.8) is 0 Å². The van der Waals surface area contributed by atoms with Gasteiger partial charge in [-0.1, -0.05) is 74.3 Å². The molecule has 19 heavy (non-hydrogen) atoms. The Bertz CT molecular complexity index is 553. The van der Waals surface area contributed by atoms with Gasteiger partial charge in [0.1, 0.15) is 16.1 Å². The van der Waals surface area contributed by atoms with Crippen LogP contribution in [0.3, 0.4) is 0 Å². The minimum atomic E-state index is -0.371. The summed E-state index contributed by atoms with van der Waals surface area (Å²) in [6, 6.07) is 17.1. The van der Waals surface area contributed by atoms with Gasteiger partial charge in [0.2, 0.25) is 0 Å². The first-order valence-corrected chi connectivity index (χ1v) is 7.59. The molecule has 4 heteroatoms.